The summed E-state index contributed by atoms with van der Waals surface area (Å²) in [6, 6.07) is 9.01. The van der Waals surface area contributed by atoms with E-state index in [9.17, 15) is 14.7 Å². The highest BCUT2D eigenvalue weighted by molar-refractivity contribution is 5.92. The molecule has 1 unspecified atom stereocenters. The van der Waals surface area contributed by atoms with Gasteiger partial charge in [0.1, 0.15) is 6.54 Å². The lowest BCUT2D eigenvalue weighted by atomic mass is 9.89. The van der Waals surface area contributed by atoms with Gasteiger partial charge in [-0.25, -0.2) is 0 Å². The summed E-state index contributed by atoms with van der Waals surface area (Å²) in [5.74, 6) is -1.64. The summed E-state index contributed by atoms with van der Waals surface area (Å²) >= 11 is 0. The van der Waals surface area contributed by atoms with Crippen LogP contribution in [-0.4, -0.2) is 59.7 Å². The molecular weight excluding hydrogens is 258 g/mol. The first-order valence-corrected chi connectivity index (χ1v) is 6.44. The molecule has 0 aromatic heterocycles. The number of rotatable bonds is 7. The van der Waals surface area contributed by atoms with Gasteiger partial charge in [-0.1, -0.05) is 30.3 Å². The topological polar surface area (TPSA) is 74.6 Å². The summed E-state index contributed by atoms with van der Waals surface area (Å²) in [6.07, 6.45) is -0.543. The number of quaternary nitrogens is 1. The Balaban J connectivity index is 2.92. The third kappa shape index (κ3) is 5.11. The number of carboxylic acids is 1. The number of aliphatic hydroxyl groups is 1. The van der Waals surface area contributed by atoms with Crippen LogP contribution in [0.15, 0.2) is 30.3 Å². The zero-order valence-corrected chi connectivity index (χ0v) is 12.2. The second kappa shape index (κ2) is 6.15. The Bertz CT molecular complexity index is 478. The molecule has 0 radical (unpaired) electrons. The van der Waals surface area contributed by atoms with Gasteiger partial charge in [0.05, 0.1) is 27.6 Å². The lowest BCUT2D eigenvalue weighted by Gasteiger charge is -2.33. The fourth-order valence-corrected chi connectivity index (χ4v) is 2.22. The molecule has 0 aliphatic heterocycles. The van der Waals surface area contributed by atoms with Gasteiger partial charge in [0.25, 0.3) is 0 Å². The summed E-state index contributed by atoms with van der Waals surface area (Å²) in [6.45, 7) is 0.0605. The average Bonchev–Trinajstić information content (AvgIpc) is 2.26. The molecule has 0 amide bonds. The number of aliphatic carboxylic acids is 1. The van der Waals surface area contributed by atoms with Crippen LogP contribution in [0.25, 0.3) is 0 Å². The second-order valence-electron chi connectivity index (χ2n) is 6.14. The zero-order valence-electron chi connectivity index (χ0n) is 12.2. The van der Waals surface area contributed by atoms with Gasteiger partial charge in [0, 0.05) is 6.42 Å². The maximum atomic E-state index is 12.3. The highest BCUT2D eigenvalue weighted by Crippen LogP contribution is 2.18. The van der Waals surface area contributed by atoms with Crippen molar-refractivity contribution in [2.75, 3.05) is 27.7 Å². The Labute approximate surface area is 119 Å². The zero-order chi connectivity index (χ0) is 15.4. The number of carboxylic acid groups (broad SMARTS) is 1. The highest BCUT2D eigenvalue weighted by Gasteiger charge is 2.42. The molecule has 0 spiro atoms. The first kappa shape index (κ1) is 16.3. The van der Waals surface area contributed by atoms with E-state index in [4.69, 9.17) is 5.11 Å². The molecule has 2 N–H and O–H groups in total. The van der Waals surface area contributed by atoms with Crippen molar-refractivity contribution in [2.24, 2.45) is 0 Å². The third-order valence-electron chi connectivity index (χ3n) is 2.91. The minimum Gasteiger partial charge on any atom is -0.481 e. The van der Waals surface area contributed by atoms with E-state index < -0.39 is 23.8 Å². The molecule has 0 heterocycles. The number of hydrogen-bond donors (Lipinski definition) is 2. The maximum Gasteiger partial charge on any atom is 0.306 e. The molecule has 20 heavy (non-hydrogen) atoms. The Hall–Kier alpha value is -1.72. The van der Waals surface area contributed by atoms with Crippen LogP contribution < -0.4 is 0 Å². The van der Waals surface area contributed by atoms with Crippen molar-refractivity contribution < 1.29 is 24.3 Å². The normalized spacial score (nSPS) is 14.6. The lowest BCUT2D eigenvalue weighted by Crippen LogP contribution is -2.55. The quantitative estimate of drug-likeness (QED) is 0.721. The third-order valence-corrected chi connectivity index (χ3v) is 2.91. The van der Waals surface area contributed by atoms with Gasteiger partial charge in [-0.05, 0) is 5.56 Å². The maximum absolute atomic E-state index is 12.3. The van der Waals surface area contributed by atoms with Gasteiger partial charge in [0.15, 0.2) is 11.4 Å². The number of ketones is 1. The number of likely N-dealkylation sites (N-methyl/N-ethyl adjacent to an activating group) is 1. The van der Waals surface area contributed by atoms with Crippen LogP contribution >= 0.6 is 0 Å². The second-order valence-corrected chi connectivity index (χ2v) is 6.14. The van der Waals surface area contributed by atoms with E-state index in [1.165, 1.54) is 0 Å². The molecule has 5 heteroatoms. The van der Waals surface area contributed by atoms with E-state index in [1.807, 2.05) is 27.2 Å². The van der Waals surface area contributed by atoms with Crippen molar-refractivity contribution in [2.45, 2.75) is 18.4 Å². The van der Waals surface area contributed by atoms with Crippen molar-refractivity contribution in [1.82, 2.24) is 0 Å². The molecule has 5 nitrogen and oxygen atoms in total. The van der Waals surface area contributed by atoms with E-state index in [0.29, 0.717) is 4.48 Å². The number of benzene rings is 1. The Kier molecular flexibility index (Phi) is 5.03. The first-order valence-electron chi connectivity index (χ1n) is 6.44. The molecule has 1 aromatic carbocycles. The van der Waals surface area contributed by atoms with Crippen LogP contribution in [0.2, 0.25) is 0 Å². The highest BCUT2D eigenvalue weighted by atomic mass is 16.4. The summed E-state index contributed by atoms with van der Waals surface area (Å²) in [4.78, 5) is 23.3. The Morgan fingerprint density at radius 1 is 1.15 bits per heavy atom. The molecule has 0 aliphatic rings. The molecule has 0 fully saturated rings. The predicted molar refractivity (Wildman–Crippen MR) is 75.3 cm³/mol. The Morgan fingerprint density at radius 3 is 2.15 bits per heavy atom. The molecule has 0 saturated carbocycles. The van der Waals surface area contributed by atoms with Crippen molar-refractivity contribution >= 4 is 11.8 Å². The van der Waals surface area contributed by atoms with Crippen molar-refractivity contribution in [3.05, 3.63) is 35.9 Å². The predicted octanol–water partition coefficient (Wildman–Crippen LogP) is 0.710. The van der Waals surface area contributed by atoms with Gasteiger partial charge in [-0.15, -0.1) is 0 Å². The van der Waals surface area contributed by atoms with Crippen molar-refractivity contribution in [3.63, 3.8) is 0 Å². The van der Waals surface area contributed by atoms with E-state index in [0.717, 1.165) is 5.56 Å². The summed E-state index contributed by atoms with van der Waals surface area (Å²) < 4.78 is 0.310. The summed E-state index contributed by atoms with van der Waals surface area (Å²) in [5, 5.41) is 19.4. The minimum absolute atomic E-state index is 0.0324. The van der Waals surface area contributed by atoms with E-state index in [1.54, 1.807) is 24.3 Å². The summed E-state index contributed by atoms with van der Waals surface area (Å²) in [5.41, 5.74) is -1.08. The Morgan fingerprint density at radius 2 is 1.70 bits per heavy atom. The monoisotopic (exact) mass is 280 g/mol. The minimum atomic E-state index is -1.85. The smallest absolute Gasteiger partial charge is 0.306 e. The first-order chi connectivity index (χ1) is 9.12. The van der Waals surface area contributed by atoms with Crippen LogP contribution in [0.3, 0.4) is 0 Å². The number of Topliss-reactive ketones (excluding diaryl/α,β-unsaturated/α-hetero) is 1. The van der Waals surface area contributed by atoms with Gasteiger partial charge in [0.2, 0.25) is 0 Å². The van der Waals surface area contributed by atoms with Crippen LogP contribution in [0.5, 0.6) is 0 Å². The van der Waals surface area contributed by atoms with Crippen LogP contribution in [0, 0.1) is 0 Å². The van der Waals surface area contributed by atoms with E-state index in [-0.39, 0.29) is 13.0 Å². The van der Waals surface area contributed by atoms with Crippen LogP contribution in [-0.2, 0) is 16.0 Å². The van der Waals surface area contributed by atoms with Crippen LogP contribution in [0.1, 0.15) is 12.0 Å². The van der Waals surface area contributed by atoms with E-state index in [2.05, 4.69) is 0 Å². The lowest BCUT2D eigenvalue weighted by molar-refractivity contribution is -0.875. The molecule has 0 aliphatic carbocycles. The van der Waals surface area contributed by atoms with Crippen molar-refractivity contribution in [1.29, 1.82) is 0 Å². The number of hydrogen-bond acceptors (Lipinski definition) is 3. The molecule has 0 saturated heterocycles. The molecular formula is C15H22NO4+. The molecule has 110 valence electrons. The SMILES string of the molecule is C[N+](C)(C)CC(O)(CC(=O)O)C(=O)Cc1ccccc1. The fraction of sp³-hybridized carbons (Fsp3) is 0.467. The number of nitrogens with zero attached hydrogens (tertiary/aromatic N) is 1. The largest absolute Gasteiger partial charge is 0.481 e. The fourth-order valence-electron chi connectivity index (χ4n) is 2.22. The van der Waals surface area contributed by atoms with E-state index >= 15 is 0 Å². The standard InChI is InChI=1S/C15H21NO4/c1-16(2,3)11-15(20,10-14(18)19)13(17)9-12-7-5-4-6-8-12/h4-8,20H,9-11H2,1-3H3/p+1. The number of carbonyl (C=O) groups excluding carboxylic acids is 1. The number of carbonyl (C=O) groups is 2. The molecule has 1 aromatic rings. The average molecular weight is 280 g/mol. The van der Waals surface area contributed by atoms with Gasteiger partial charge >= 0.3 is 5.97 Å². The van der Waals surface area contributed by atoms with Crippen LogP contribution in [0.4, 0.5) is 0 Å². The van der Waals surface area contributed by atoms with Crippen molar-refractivity contribution in [3.8, 4) is 0 Å². The van der Waals surface area contributed by atoms with Gasteiger partial charge in [-0.2, -0.15) is 0 Å². The van der Waals surface area contributed by atoms with Gasteiger partial charge < -0.3 is 14.7 Å². The molecule has 0 bridgehead atoms. The molecule has 1 atom stereocenters. The van der Waals surface area contributed by atoms with Gasteiger partial charge in [-0.3, -0.25) is 9.59 Å². The molecule has 1 rings (SSSR count). The summed E-state index contributed by atoms with van der Waals surface area (Å²) in [7, 11) is 5.42.